The van der Waals surface area contributed by atoms with E-state index in [1.165, 1.54) is 0 Å². The van der Waals surface area contributed by atoms with Crippen molar-refractivity contribution in [1.29, 1.82) is 0 Å². The topological polar surface area (TPSA) is 111 Å². The van der Waals surface area contributed by atoms with Crippen molar-refractivity contribution >= 4 is 23.5 Å². The van der Waals surface area contributed by atoms with Gasteiger partial charge in [0.15, 0.2) is 0 Å². The molecule has 1 aliphatic heterocycles. The summed E-state index contributed by atoms with van der Waals surface area (Å²) in [7, 11) is 0. The standard InChI is InChI=1S/C17H21ClN6O/c1-10-13(11-9-21-6-3-12(11)18)14(15(19)25)23-16(22-10)24-7-4-17(2,20)5-8-24/h3,6,9H,4-5,7-8,20H2,1-2H3,(H2,19,25). The molecule has 2 aromatic rings. The molecule has 25 heavy (non-hydrogen) atoms. The lowest BCUT2D eigenvalue weighted by Gasteiger charge is -2.37. The van der Waals surface area contributed by atoms with E-state index in [4.69, 9.17) is 23.1 Å². The molecule has 1 saturated heterocycles. The molecule has 8 heteroatoms. The molecule has 0 aliphatic carbocycles. The Morgan fingerprint density at radius 1 is 1.32 bits per heavy atom. The minimum absolute atomic E-state index is 0.151. The third-order valence-corrected chi connectivity index (χ3v) is 4.87. The number of rotatable bonds is 3. The molecule has 0 bridgehead atoms. The third-order valence-electron chi connectivity index (χ3n) is 4.54. The Bertz CT molecular complexity index is 813. The van der Waals surface area contributed by atoms with Crippen LogP contribution in [-0.4, -0.2) is 39.5 Å². The number of carbonyl (C=O) groups is 1. The summed E-state index contributed by atoms with van der Waals surface area (Å²) in [5, 5.41) is 0.467. The first-order valence-corrected chi connectivity index (χ1v) is 8.48. The van der Waals surface area contributed by atoms with E-state index in [0.717, 1.165) is 25.9 Å². The van der Waals surface area contributed by atoms with Crippen LogP contribution in [0, 0.1) is 6.92 Å². The van der Waals surface area contributed by atoms with Crippen molar-refractivity contribution in [2.45, 2.75) is 32.2 Å². The number of nitrogens with zero attached hydrogens (tertiary/aromatic N) is 4. The number of anilines is 1. The number of amides is 1. The summed E-state index contributed by atoms with van der Waals surface area (Å²) < 4.78 is 0. The van der Waals surface area contributed by atoms with E-state index in [2.05, 4.69) is 15.0 Å². The molecule has 1 fully saturated rings. The van der Waals surface area contributed by atoms with Gasteiger partial charge in [0.1, 0.15) is 5.69 Å². The molecule has 0 spiro atoms. The maximum Gasteiger partial charge on any atom is 0.268 e. The Morgan fingerprint density at radius 2 is 2.00 bits per heavy atom. The smallest absolute Gasteiger partial charge is 0.268 e. The number of hydrogen-bond acceptors (Lipinski definition) is 6. The van der Waals surface area contributed by atoms with Crippen molar-refractivity contribution in [2.24, 2.45) is 11.5 Å². The largest absolute Gasteiger partial charge is 0.364 e. The molecular weight excluding hydrogens is 340 g/mol. The summed E-state index contributed by atoms with van der Waals surface area (Å²) in [6.45, 7) is 5.32. The van der Waals surface area contributed by atoms with Crippen molar-refractivity contribution < 1.29 is 4.79 Å². The van der Waals surface area contributed by atoms with E-state index in [1.54, 1.807) is 18.5 Å². The van der Waals surface area contributed by atoms with Gasteiger partial charge in [-0.25, -0.2) is 9.97 Å². The summed E-state index contributed by atoms with van der Waals surface area (Å²) in [5.41, 5.74) is 13.5. The van der Waals surface area contributed by atoms with Crippen LogP contribution in [0.4, 0.5) is 5.95 Å². The van der Waals surface area contributed by atoms with Gasteiger partial charge in [0.05, 0.1) is 10.7 Å². The highest BCUT2D eigenvalue weighted by molar-refractivity contribution is 6.33. The summed E-state index contributed by atoms with van der Waals surface area (Å²) in [6, 6.07) is 1.65. The van der Waals surface area contributed by atoms with E-state index in [9.17, 15) is 4.79 Å². The maximum atomic E-state index is 12.0. The van der Waals surface area contributed by atoms with E-state index in [1.807, 2.05) is 18.7 Å². The number of carbonyl (C=O) groups excluding carboxylic acids is 1. The quantitative estimate of drug-likeness (QED) is 0.864. The van der Waals surface area contributed by atoms with Crippen molar-refractivity contribution in [3.63, 3.8) is 0 Å². The monoisotopic (exact) mass is 360 g/mol. The molecule has 1 amide bonds. The normalized spacial score (nSPS) is 16.7. The van der Waals surface area contributed by atoms with Crippen LogP contribution in [-0.2, 0) is 0 Å². The zero-order valence-corrected chi connectivity index (χ0v) is 15.0. The maximum absolute atomic E-state index is 12.0. The Kier molecular flexibility index (Phi) is 4.62. The molecule has 132 valence electrons. The van der Waals surface area contributed by atoms with Crippen LogP contribution in [0.1, 0.15) is 35.9 Å². The van der Waals surface area contributed by atoms with Crippen molar-refractivity contribution in [3.05, 3.63) is 34.9 Å². The van der Waals surface area contributed by atoms with Crippen LogP contribution in [0.2, 0.25) is 5.02 Å². The molecule has 0 radical (unpaired) electrons. The predicted molar refractivity (Wildman–Crippen MR) is 97.6 cm³/mol. The highest BCUT2D eigenvalue weighted by Gasteiger charge is 2.28. The first kappa shape index (κ1) is 17.6. The van der Waals surface area contributed by atoms with Gasteiger partial charge in [-0.05, 0) is 32.8 Å². The summed E-state index contributed by atoms with van der Waals surface area (Å²) in [6.07, 6.45) is 4.83. The van der Waals surface area contributed by atoms with E-state index < -0.39 is 5.91 Å². The Balaban J connectivity index is 2.05. The lowest BCUT2D eigenvalue weighted by atomic mass is 9.91. The molecule has 4 N–H and O–H groups in total. The Hall–Kier alpha value is -2.25. The molecule has 3 rings (SSSR count). The van der Waals surface area contributed by atoms with E-state index >= 15 is 0 Å². The van der Waals surface area contributed by atoms with Gasteiger partial charge >= 0.3 is 0 Å². The molecule has 1 aliphatic rings. The number of piperidine rings is 1. The number of pyridine rings is 1. The van der Waals surface area contributed by atoms with Gasteiger partial charge in [-0.15, -0.1) is 0 Å². The van der Waals surface area contributed by atoms with Gasteiger partial charge in [-0.1, -0.05) is 11.6 Å². The minimum atomic E-state index is -0.623. The van der Waals surface area contributed by atoms with Gasteiger partial charge in [0.2, 0.25) is 5.95 Å². The molecule has 3 heterocycles. The zero-order valence-electron chi connectivity index (χ0n) is 14.3. The number of hydrogen-bond donors (Lipinski definition) is 2. The van der Waals surface area contributed by atoms with Crippen LogP contribution in [0.25, 0.3) is 11.1 Å². The lowest BCUT2D eigenvalue weighted by Crippen LogP contribution is -2.48. The molecule has 0 saturated carbocycles. The SMILES string of the molecule is Cc1nc(N2CCC(C)(N)CC2)nc(C(N)=O)c1-c1cnccc1Cl. The third kappa shape index (κ3) is 3.57. The fourth-order valence-electron chi connectivity index (χ4n) is 2.98. The van der Waals surface area contributed by atoms with Gasteiger partial charge in [0.25, 0.3) is 5.91 Å². The number of aromatic nitrogens is 3. The number of primary amides is 1. The van der Waals surface area contributed by atoms with Crippen LogP contribution >= 0.6 is 11.6 Å². The molecule has 0 unspecified atom stereocenters. The summed E-state index contributed by atoms with van der Waals surface area (Å²) in [5.74, 6) is -0.132. The van der Waals surface area contributed by atoms with Crippen LogP contribution < -0.4 is 16.4 Å². The zero-order chi connectivity index (χ0) is 18.2. The predicted octanol–water partition coefficient (Wildman–Crippen LogP) is 1.92. The van der Waals surface area contributed by atoms with E-state index in [-0.39, 0.29) is 11.2 Å². The summed E-state index contributed by atoms with van der Waals surface area (Å²) in [4.78, 5) is 27.2. The second-order valence-electron chi connectivity index (χ2n) is 6.69. The first-order chi connectivity index (χ1) is 11.8. The number of nitrogens with two attached hydrogens (primary N) is 2. The minimum Gasteiger partial charge on any atom is -0.364 e. The van der Waals surface area contributed by atoms with Gasteiger partial charge in [-0.2, -0.15) is 0 Å². The molecule has 0 aromatic carbocycles. The van der Waals surface area contributed by atoms with E-state index in [0.29, 0.717) is 27.8 Å². The Labute approximate surface area is 151 Å². The average Bonchev–Trinajstić information content (AvgIpc) is 2.55. The average molecular weight is 361 g/mol. The van der Waals surface area contributed by atoms with Crippen LogP contribution in [0.3, 0.4) is 0 Å². The first-order valence-electron chi connectivity index (χ1n) is 8.11. The highest BCUT2D eigenvalue weighted by atomic mass is 35.5. The number of halogens is 1. The van der Waals surface area contributed by atoms with Crippen molar-refractivity contribution in [1.82, 2.24) is 15.0 Å². The van der Waals surface area contributed by atoms with Crippen LogP contribution in [0.5, 0.6) is 0 Å². The van der Waals surface area contributed by atoms with Gasteiger partial charge in [-0.3, -0.25) is 9.78 Å². The lowest BCUT2D eigenvalue weighted by molar-refractivity contribution is 0.0996. The summed E-state index contributed by atoms with van der Waals surface area (Å²) >= 11 is 6.26. The molecule has 7 nitrogen and oxygen atoms in total. The second-order valence-corrected chi connectivity index (χ2v) is 7.10. The van der Waals surface area contributed by atoms with Crippen molar-refractivity contribution in [2.75, 3.05) is 18.0 Å². The fourth-order valence-corrected chi connectivity index (χ4v) is 3.18. The van der Waals surface area contributed by atoms with Crippen LogP contribution in [0.15, 0.2) is 18.5 Å². The van der Waals surface area contributed by atoms with Crippen molar-refractivity contribution in [3.8, 4) is 11.1 Å². The molecule has 2 aromatic heterocycles. The highest BCUT2D eigenvalue weighted by Crippen LogP contribution is 2.32. The molecule has 0 atom stereocenters. The van der Waals surface area contributed by atoms with Gasteiger partial charge in [0, 0.05) is 42.1 Å². The second kappa shape index (κ2) is 6.57. The fraction of sp³-hybridized carbons (Fsp3) is 0.412. The number of aryl methyl sites for hydroxylation is 1. The Morgan fingerprint density at radius 3 is 2.60 bits per heavy atom. The molecular formula is C17H21ClN6O. The van der Waals surface area contributed by atoms with Gasteiger partial charge < -0.3 is 16.4 Å².